The van der Waals surface area contributed by atoms with Crippen LogP contribution in [0.2, 0.25) is 0 Å². The SMILES string of the molecule is CCN1CCC(CNC(=O)NC2COCC2C(=O)O)C1. The third-order valence-electron chi connectivity index (χ3n) is 4.08. The van der Waals surface area contributed by atoms with Crippen molar-refractivity contribution in [2.24, 2.45) is 11.8 Å². The number of nitrogens with zero attached hydrogens (tertiary/aromatic N) is 1. The average molecular weight is 285 g/mol. The number of urea groups is 1. The zero-order valence-corrected chi connectivity index (χ0v) is 11.8. The van der Waals surface area contributed by atoms with Gasteiger partial charge in [0.25, 0.3) is 0 Å². The summed E-state index contributed by atoms with van der Waals surface area (Å²) < 4.78 is 5.11. The van der Waals surface area contributed by atoms with Gasteiger partial charge in [0.15, 0.2) is 0 Å². The van der Waals surface area contributed by atoms with E-state index in [-0.39, 0.29) is 19.2 Å². The van der Waals surface area contributed by atoms with Gasteiger partial charge in [0.2, 0.25) is 0 Å². The summed E-state index contributed by atoms with van der Waals surface area (Å²) in [5, 5.41) is 14.5. The predicted molar refractivity (Wildman–Crippen MR) is 72.5 cm³/mol. The lowest BCUT2D eigenvalue weighted by atomic mass is 10.0. The molecule has 2 aliphatic heterocycles. The van der Waals surface area contributed by atoms with E-state index in [0.29, 0.717) is 12.5 Å². The van der Waals surface area contributed by atoms with E-state index in [1.165, 1.54) is 0 Å². The molecule has 0 aromatic heterocycles. The highest BCUT2D eigenvalue weighted by Gasteiger charge is 2.35. The first-order valence-electron chi connectivity index (χ1n) is 7.17. The molecule has 2 heterocycles. The zero-order chi connectivity index (χ0) is 14.5. The maximum absolute atomic E-state index is 11.8. The highest BCUT2D eigenvalue weighted by molar-refractivity contribution is 5.77. The fraction of sp³-hybridized carbons (Fsp3) is 0.846. The summed E-state index contributed by atoms with van der Waals surface area (Å²) in [6, 6.07) is -0.745. The average Bonchev–Trinajstić information content (AvgIpc) is 3.04. The number of carbonyl (C=O) groups excluding carboxylic acids is 1. The second-order valence-electron chi connectivity index (χ2n) is 5.49. The molecule has 2 amide bonds. The van der Waals surface area contributed by atoms with Crippen molar-refractivity contribution in [3.05, 3.63) is 0 Å². The highest BCUT2D eigenvalue weighted by atomic mass is 16.5. The first-order valence-corrected chi connectivity index (χ1v) is 7.17. The Kier molecular flexibility index (Phi) is 5.19. The number of hydrogen-bond acceptors (Lipinski definition) is 4. The van der Waals surface area contributed by atoms with Crippen molar-refractivity contribution in [2.45, 2.75) is 19.4 Å². The van der Waals surface area contributed by atoms with Gasteiger partial charge in [-0.15, -0.1) is 0 Å². The van der Waals surface area contributed by atoms with Crippen molar-refractivity contribution >= 4 is 12.0 Å². The summed E-state index contributed by atoms with van der Waals surface area (Å²) in [5.41, 5.74) is 0. The Balaban J connectivity index is 1.69. The molecule has 7 nitrogen and oxygen atoms in total. The third kappa shape index (κ3) is 3.83. The first-order chi connectivity index (χ1) is 9.60. The summed E-state index contributed by atoms with van der Waals surface area (Å²) in [7, 11) is 0. The Labute approximate surface area is 118 Å². The van der Waals surface area contributed by atoms with Crippen molar-refractivity contribution in [3.8, 4) is 0 Å². The molecular weight excluding hydrogens is 262 g/mol. The van der Waals surface area contributed by atoms with Crippen LogP contribution in [0.15, 0.2) is 0 Å². The standard InChI is InChI=1S/C13H23N3O4/c1-2-16-4-3-9(6-16)5-14-13(19)15-11-8-20-7-10(11)12(17)18/h9-11H,2-8H2,1H3,(H,17,18)(H2,14,15,19). The van der Waals surface area contributed by atoms with Gasteiger partial charge >= 0.3 is 12.0 Å². The van der Waals surface area contributed by atoms with Crippen molar-refractivity contribution in [3.63, 3.8) is 0 Å². The summed E-state index contributed by atoms with van der Waals surface area (Å²) >= 11 is 0. The van der Waals surface area contributed by atoms with Crippen LogP contribution < -0.4 is 10.6 Å². The number of likely N-dealkylation sites (tertiary alicyclic amines) is 1. The van der Waals surface area contributed by atoms with Crippen LogP contribution in [0, 0.1) is 11.8 Å². The van der Waals surface area contributed by atoms with E-state index in [0.717, 1.165) is 26.1 Å². The Morgan fingerprint density at radius 1 is 1.40 bits per heavy atom. The van der Waals surface area contributed by atoms with Crippen LogP contribution in [0.25, 0.3) is 0 Å². The maximum Gasteiger partial charge on any atom is 0.315 e. The Hall–Kier alpha value is -1.34. The molecule has 3 unspecified atom stereocenters. The minimum absolute atomic E-state index is 0.161. The number of rotatable bonds is 5. The zero-order valence-electron chi connectivity index (χ0n) is 11.8. The highest BCUT2D eigenvalue weighted by Crippen LogP contribution is 2.15. The number of carboxylic acids is 1. The van der Waals surface area contributed by atoms with E-state index in [4.69, 9.17) is 9.84 Å². The fourth-order valence-electron chi connectivity index (χ4n) is 2.76. The molecule has 2 aliphatic rings. The molecule has 7 heteroatoms. The molecule has 0 radical (unpaired) electrons. The smallest absolute Gasteiger partial charge is 0.315 e. The number of ether oxygens (including phenoxy) is 1. The van der Waals surface area contributed by atoms with Gasteiger partial charge in [0, 0.05) is 13.1 Å². The van der Waals surface area contributed by atoms with Crippen LogP contribution in [-0.2, 0) is 9.53 Å². The van der Waals surface area contributed by atoms with E-state index in [1.807, 2.05) is 0 Å². The summed E-state index contributed by atoms with van der Waals surface area (Å²) in [4.78, 5) is 25.1. The van der Waals surface area contributed by atoms with Crippen molar-refractivity contribution in [1.29, 1.82) is 0 Å². The van der Waals surface area contributed by atoms with E-state index >= 15 is 0 Å². The minimum atomic E-state index is -0.929. The number of amides is 2. The molecule has 0 saturated carbocycles. The van der Waals surface area contributed by atoms with Gasteiger partial charge in [-0.2, -0.15) is 0 Å². The van der Waals surface area contributed by atoms with Gasteiger partial charge in [-0.25, -0.2) is 4.79 Å². The molecule has 2 rings (SSSR count). The number of nitrogens with one attached hydrogen (secondary N) is 2. The van der Waals surface area contributed by atoms with Gasteiger partial charge in [0.1, 0.15) is 5.92 Å². The molecule has 0 spiro atoms. The quantitative estimate of drug-likeness (QED) is 0.647. The molecule has 20 heavy (non-hydrogen) atoms. The monoisotopic (exact) mass is 285 g/mol. The van der Waals surface area contributed by atoms with Crippen LogP contribution in [0.5, 0.6) is 0 Å². The first kappa shape index (κ1) is 15.1. The second-order valence-corrected chi connectivity index (χ2v) is 5.49. The lowest BCUT2D eigenvalue weighted by molar-refractivity contribution is -0.142. The molecular formula is C13H23N3O4. The molecule has 0 aromatic rings. The summed E-state index contributed by atoms with van der Waals surface area (Å²) in [6.07, 6.45) is 1.10. The van der Waals surface area contributed by atoms with Crippen LogP contribution in [0.3, 0.4) is 0 Å². The van der Waals surface area contributed by atoms with Gasteiger partial charge in [-0.05, 0) is 25.4 Å². The van der Waals surface area contributed by atoms with Crippen LogP contribution in [-0.4, -0.2) is 67.4 Å². The van der Waals surface area contributed by atoms with Gasteiger partial charge in [0.05, 0.1) is 19.3 Å². The molecule has 2 saturated heterocycles. The Morgan fingerprint density at radius 2 is 2.20 bits per heavy atom. The molecule has 0 aliphatic carbocycles. The molecule has 114 valence electrons. The van der Waals surface area contributed by atoms with Gasteiger partial charge in [-0.3, -0.25) is 4.79 Å². The topological polar surface area (TPSA) is 90.9 Å². The Morgan fingerprint density at radius 3 is 2.85 bits per heavy atom. The summed E-state index contributed by atoms with van der Waals surface area (Å²) in [5.74, 6) is -1.10. The van der Waals surface area contributed by atoms with Crippen LogP contribution >= 0.6 is 0 Å². The third-order valence-corrected chi connectivity index (χ3v) is 4.08. The molecule has 2 fully saturated rings. The van der Waals surface area contributed by atoms with Crippen molar-refractivity contribution < 1.29 is 19.4 Å². The Bertz CT molecular complexity index is 364. The van der Waals surface area contributed by atoms with E-state index < -0.39 is 17.9 Å². The lowest BCUT2D eigenvalue weighted by Gasteiger charge is -2.18. The number of hydrogen-bond donors (Lipinski definition) is 3. The van der Waals surface area contributed by atoms with Gasteiger partial charge in [-0.1, -0.05) is 6.92 Å². The normalized spacial score (nSPS) is 30.4. The largest absolute Gasteiger partial charge is 0.481 e. The lowest BCUT2D eigenvalue weighted by Crippen LogP contribution is -2.48. The van der Waals surface area contributed by atoms with E-state index in [1.54, 1.807) is 0 Å². The van der Waals surface area contributed by atoms with Gasteiger partial charge < -0.3 is 25.4 Å². The van der Waals surface area contributed by atoms with E-state index in [9.17, 15) is 9.59 Å². The number of carboxylic acid groups (broad SMARTS) is 1. The minimum Gasteiger partial charge on any atom is -0.481 e. The van der Waals surface area contributed by atoms with Crippen LogP contribution in [0.1, 0.15) is 13.3 Å². The molecule has 3 N–H and O–H groups in total. The second kappa shape index (κ2) is 6.90. The number of aliphatic carboxylic acids is 1. The molecule has 0 aromatic carbocycles. The van der Waals surface area contributed by atoms with E-state index in [2.05, 4.69) is 22.5 Å². The summed E-state index contributed by atoms with van der Waals surface area (Å²) in [6.45, 7) is 6.33. The molecule has 0 bridgehead atoms. The molecule has 3 atom stereocenters. The number of carbonyl (C=O) groups is 2. The van der Waals surface area contributed by atoms with Crippen molar-refractivity contribution in [1.82, 2.24) is 15.5 Å². The van der Waals surface area contributed by atoms with Crippen molar-refractivity contribution in [2.75, 3.05) is 39.4 Å². The maximum atomic E-state index is 11.8. The fourth-order valence-corrected chi connectivity index (χ4v) is 2.76. The van der Waals surface area contributed by atoms with Crippen LogP contribution in [0.4, 0.5) is 4.79 Å². The predicted octanol–water partition coefficient (Wildman–Crippen LogP) is -0.273.